The summed E-state index contributed by atoms with van der Waals surface area (Å²) in [6.07, 6.45) is 28.7. The van der Waals surface area contributed by atoms with Crippen LogP contribution in [0.3, 0.4) is 0 Å². The number of ether oxygens (including phenoxy) is 1. The van der Waals surface area contributed by atoms with E-state index in [1.807, 2.05) is 48.5 Å². The fourth-order valence-corrected chi connectivity index (χ4v) is 3.74. The molecule has 2 aromatic rings. The van der Waals surface area contributed by atoms with Gasteiger partial charge < -0.3 is 4.74 Å². The van der Waals surface area contributed by atoms with Crippen molar-refractivity contribution >= 4 is 5.97 Å². The highest BCUT2D eigenvalue weighted by Crippen LogP contribution is 2.29. The van der Waals surface area contributed by atoms with Gasteiger partial charge in [-0.3, -0.25) is 4.79 Å². The van der Waals surface area contributed by atoms with Crippen LogP contribution in [0.4, 0.5) is 0 Å². The van der Waals surface area contributed by atoms with Crippen molar-refractivity contribution in [1.29, 1.82) is 0 Å². The van der Waals surface area contributed by atoms with Gasteiger partial charge in [-0.1, -0.05) is 122 Å². The van der Waals surface area contributed by atoms with E-state index in [0.717, 1.165) is 61.6 Å². The van der Waals surface area contributed by atoms with E-state index in [0.29, 0.717) is 6.42 Å². The van der Waals surface area contributed by atoms with Crippen LogP contribution >= 0.6 is 0 Å². The molecule has 0 saturated heterocycles. The summed E-state index contributed by atoms with van der Waals surface area (Å²) in [4.78, 5) is 12.6. The first kappa shape index (κ1) is 28.8. The van der Waals surface area contributed by atoms with Gasteiger partial charge in [-0.05, 0) is 68.6 Å². The monoisotopic (exact) mass is 482 g/mol. The Labute approximate surface area is 218 Å². The van der Waals surface area contributed by atoms with Gasteiger partial charge in [0.15, 0.2) is 6.10 Å². The topological polar surface area (TPSA) is 26.3 Å². The second-order valence-electron chi connectivity index (χ2n) is 8.74. The average Bonchev–Trinajstić information content (AvgIpc) is 2.90. The molecule has 1 unspecified atom stereocenters. The molecule has 190 valence electrons. The van der Waals surface area contributed by atoms with Gasteiger partial charge >= 0.3 is 5.97 Å². The molecule has 0 spiro atoms. The molecule has 36 heavy (non-hydrogen) atoms. The van der Waals surface area contributed by atoms with Gasteiger partial charge in [0.2, 0.25) is 0 Å². The van der Waals surface area contributed by atoms with Crippen molar-refractivity contribution in [2.24, 2.45) is 0 Å². The Bertz CT molecular complexity index is 1010. The molecule has 0 aliphatic carbocycles. The SMILES string of the molecule is CCC=CCC=CCC=CCC=CCC=CCCCC(=O)OC(c1ccccc1)c1ccccc1C. The van der Waals surface area contributed by atoms with E-state index in [9.17, 15) is 4.79 Å². The number of allylic oxidation sites excluding steroid dienone is 10. The first-order valence-corrected chi connectivity index (χ1v) is 13.3. The van der Waals surface area contributed by atoms with Gasteiger partial charge in [0.1, 0.15) is 0 Å². The largest absolute Gasteiger partial charge is 0.453 e. The highest BCUT2D eigenvalue weighted by molar-refractivity contribution is 5.70. The summed E-state index contributed by atoms with van der Waals surface area (Å²) in [6, 6.07) is 18.1. The second-order valence-corrected chi connectivity index (χ2v) is 8.74. The summed E-state index contributed by atoms with van der Waals surface area (Å²) in [5.74, 6) is -0.153. The van der Waals surface area contributed by atoms with Crippen LogP contribution < -0.4 is 0 Å². The van der Waals surface area contributed by atoms with Gasteiger partial charge in [-0.15, -0.1) is 0 Å². The first-order valence-electron chi connectivity index (χ1n) is 13.3. The Kier molecular flexibility index (Phi) is 15.1. The molecule has 2 aromatic carbocycles. The van der Waals surface area contributed by atoms with Crippen molar-refractivity contribution in [2.45, 2.75) is 71.3 Å². The number of carbonyl (C=O) groups is 1. The van der Waals surface area contributed by atoms with Gasteiger partial charge in [-0.25, -0.2) is 0 Å². The van der Waals surface area contributed by atoms with Crippen molar-refractivity contribution < 1.29 is 9.53 Å². The van der Waals surface area contributed by atoms with Crippen molar-refractivity contribution in [3.05, 3.63) is 132 Å². The third-order valence-electron chi connectivity index (χ3n) is 5.73. The molecule has 0 N–H and O–H groups in total. The van der Waals surface area contributed by atoms with E-state index in [4.69, 9.17) is 4.74 Å². The van der Waals surface area contributed by atoms with Crippen LogP contribution in [0.15, 0.2) is 115 Å². The van der Waals surface area contributed by atoms with E-state index in [-0.39, 0.29) is 12.1 Å². The zero-order valence-electron chi connectivity index (χ0n) is 22.0. The fraction of sp³-hybridized carbons (Fsp3) is 0.324. The summed E-state index contributed by atoms with van der Waals surface area (Å²) < 4.78 is 5.94. The van der Waals surface area contributed by atoms with Crippen LogP contribution in [0, 0.1) is 6.92 Å². The van der Waals surface area contributed by atoms with Crippen LogP contribution in [-0.4, -0.2) is 5.97 Å². The Hall–Kier alpha value is -3.39. The smallest absolute Gasteiger partial charge is 0.306 e. The normalized spacial score (nSPS) is 13.1. The Morgan fingerprint density at radius 1 is 0.722 bits per heavy atom. The van der Waals surface area contributed by atoms with Crippen molar-refractivity contribution in [3.8, 4) is 0 Å². The number of unbranched alkanes of at least 4 members (excludes halogenated alkanes) is 1. The minimum absolute atomic E-state index is 0.153. The molecule has 0 aromatic heterocycles. The fourth-order valence-electron chi connectivity index (χ4n) is 3.74. The predicted molar refractivity (Wildman–Crippen MR) is 154 cm³/mol. The zero-order chi connectivity index (χ0) is 25.7. The molecule has 0 fully saturated rings. The molecule has 0 amide bonds. The predicted octanol–water partition coefficient (Wildman–Crippen LogP) is 9.55. The summed E-state index contributed by atoms with van der Waals surface area (Å²) in [5.41, 5.74) is 3.16. The maximum atomic E-state index is 12.6. The molecule has 0 saturated carbocycles. The summed E-state index contributed by atoms with van der Waals surface area (Å²) in [6.45, 7) is 4.21. The molecule has 0 heterocycles. The Morgan fingerprint density at radius 2 is 1.25 bits per heavy atom. The quantitative estimate of drug-likeness (QED) is 0.135. The van der Waals surface area contributed by atoms with E-state index in [2.05, 4.69) is 80.7 Å². The van der Waals surface area contributed by atoms with Crippen LogP contribution in [0.2, 0.25) is 0 Å². The zero-order valence-corrected chi connectivity index (χ0v) is 22.0. The average molecular weight is 483 g/mol. The standard InChI is InChI=1S/C34H42O2/c1-3-4-5-6-7-8-9-10-11-12-13-14-15-16-17-18-22-29-33(35)36-34(31-26-20-19-21-27-31)32-28-24-23-25-30(32)2/h4-5,7-8,10-11,13-14,16-17,19-21,23-28,34H,3,6,9,12,15,18,22,29H2,1-2H3. The van der Waals surface area contributed by atoms with Crippen LogP contribution in [0.25, 0.3) is 0 Å². The van der Waals surface area contributed by atoms with Crippen molar-refractivity contribution in [2.75, 3.05) is 0 Å². The summed E-state index contributed by atoms with van der Waals surface area (Å²) in [7, 11) is 0. The molecule has 2 rings (SSSR count). The van der Waals surface area contributed by atoms with Crippen LogP contribution in [0.1, 0.15) is 81.1 Å². The lowest BCUT2D eigenvalue weighted by Gasteiger charge is -2.20. The third kappa shape index (κ3) is 12.4. The van der Waals surface area contributed by atoms with Gasteiger partial charge in [0.05, 0.1) is 0 Å². The number of benzene rings is 2. The molecule has 0 radical (unpaired) electrons. The molecule has 0 aliphatic heterocycles. The van der Waals surface area contributed by atoms with Gasteiger partial charge in [0.25, 0.3) is 0 Å². The van der Waals surface area contributed by atoms with Gasteiger partial charge in [0, 0.05) is 6.42 Å². The molecule has 1 atom stereocenters. The molecule has 0 aliphatic rings. The molecular weight excluding hydrogens is 440 g/mol. The summed E-state index contributed by atoms with van der Waals surface area (Å²) in [5, 5.41) is 0. The summed E-state index contributed by atoms with van der Waals surface area (Å²) >= 11 is 0. The minimum atomic E-state index is -0.367. The van der Waals surface area contributed by atoms with Gasteiger partial charge in [-0.2, -0.15) is 0 Å². The molecule has 2 heteroatoms. The minimum Gasteiger partial charge on any atom is -0.453 e. The number of esters is 1. The number of hydrogen-bond acceptors (Lipinski definition) is 2. The van der Waals surface area contributed by atoms with Crippen molar-refractivity contribution in [3.63, 3.8) is 0 Å². The molecular formula is C34H42O2. The van der Waals surface area contributed by atoms with Crippen LogP contribution in [-0.2, 0) is 9.53 Å². The maximum absolute atomic E-state index is 12.6. The van der Waals surface area contributed by atoms with Crippen molar-refractivity contribution in [1.82, 2.24) is 0 Å². The molecule has 2 nitrogen and oxygen atoms in total. The Balaban J connectivity index is 1.64. The highest BCUT2D eigenvalue weighted by Gasteiger charge is 2.20. The number of rotatable bonds is 16. The second kappa shape index (κ2) is 18.9. The van der Waals surface area contributed by atoms with E-state index in [1.54, 1.807) is 0 Å². The van der Waals surface area contributed by atoms with E-state index >= 15 is 0 Å². The lowest BCUT2D eigenvalue weighted by Crippen LogP contribution is -2.13. The maximum Gasteiger partial charge on any atom is 0.306 e. The Morgan fingerprint density at radius 3 is 1.83 bits per heavy atom. The number of carbonyl (C=O) groups excluding carboxylic acids is 1. The number of hydrogen-bond donors (Lipinski definition) is 0. The third-order valence-corrected chi connectivity index (χ3v) is 5.73. The van der Waals surface area contributed by atoms with E-state index in [1.165, 1.54) is 0 Å². The molecule has 0 bridgehead atoms. The lowest BCUT2D eigenvalue weighted by atomic mass is 9.97. The lowest BCUT2D eigenvalue weighted by molar-refractivity contribution is -0.147. The first-order chi connectivity index (χ1) is 17.7. The number of aryl methyl sites for hydroxylation is 1. The highest BCUT2D eigenvalue weighted by atomic mass is 16.5. The van der Waals surface area contributed by atoms with E-state index < -0.39 is 0 Å². The van der Waals surface area contributed by atoms with Crippen LogP contribution in [0.5, 0.6) is 0 Å².